The lowest BCUT2D eigenvalue weighted by Crippen LogP contribution is -2.37. The van der Waals surface area contributed by atoms with Crippen molar-refractivity contribution < 1.29 is 49.0 Å². The molecule has 16 heteroatoms. The Morgan fingerprint density at radius 2 is 1.39 bits per heavy atom. The van der Waals surface area contributed by atoms with E-state index in [1.807, 2.05) is 9.80 Å². The number of aromatic carboxylic acids is 2. The van der Waals surface area contributed by atoms with E-state index in [1.165, 1.54) is 12.1 Å². The number of carboxylic acids is 2. The number of hydrogen-bond donors (Lipinski definition) is 4. The number of pyridine rings is 2. The minimum absolute atomic E-state index is 0.0359. The lowest BCUT2D eigenvalue weighted by Gasteiger charge is -2.31. The number of aromatic nitrogens is 2. The number of isothiocyanates is 1. The molecule has 2 aromatic heterocycles. The predicted molar refractivity (Wildman–Crippen MR) is 169 cm³/mol. The molecule has 0 aliphatic heterocycles. The molecular weight excluding hydrogens is 622 g/mol. The predicted octanol–water partition coefficient (Wildman–Crippen LogP) is 0.872. The Morgan fingerprint density at radius 1 is 0.783 bits per heavy atom. The van der Waals surface area contributed by atoms with E-state index in [0.29, 0.717) is 83.8 Å². The second kappa shape index (κ2) is 24.0. The van der Waals surface area contributed by atoms with E-state index in [4.69, 9.17) is 24.1 Å². The first-order valence-corrected chi connectivity index (χ1v) is 15.2. The largest absolute Gasteiger partial charge is 0.477 e. The number of nitrogens with zero attached hydrogens (tertiary/aromatic N) is 5. The zero-order chi connectivity index (χ0) is 33.4. The normalized spacial score (nSPS) is 11.9. The lowest BCUT2D eigenvalue weighted by molar-refractivity contribution is -0.00280. The maximum atomic E-state index is 11.5. The summed E-state index contributed by atoms with van der Waals surface area (Å²) in [4.78, 5) is 38.8. The highest BCUT2D eigenvalue weighted by molar-refractivity contribution is 7.78. The molecule has 4 N–H and O–H groups in total. The van der Waals surface area contributed by atoms with Crippen molar-refractivity contribution in [2.75, 3.05) is 98.8 Å². The monoisotopic (exact) mass is 665 g/mol. The van der Waals surface area contributed by atoms with Crippen molar-refractivity contribution in [1.29, 1.82) is 0 Å². The van der Waals surface area contributed by atoms with Crippen LogP contribution in [0.2, 0.25) is 0 Å². The fourth-order valence-corrected chi connectivity index (χ4v) is 4.37. The molecule has 0 saturated carbocycles. The van der Waals surface area contributed by atoms with E-state index in [1.54, 1.807) is 24.3 Å². The highest BCUT2D eigenvalue weighted by Gasteiger charge is 2.23. The standard InChI is InChI=1S/C30H43N5O10S/c36-12-8-34(21-24-3-1-5-26(32-24)29(38)39)10-15-43-17-18-44-16-11-35(9-13-37)28(22-45-20-19-42-14-7-31-23-46)25-4-2-6-27(33-25)30(40)41/h1-6,28,36-37H,7-22H2,(H,38,39)(H,40,41). The van der Waals surface area contributed by atoms with Gasteiger partial charge < -0.3 is 39.4 Å². The Hall–Kier alpha value is -3.28. The van der Waals surface area contributed by atoms with Crippen molar-refractivity contribution in [3.05, 3.63) is 59.2 Å². The molecule has 46 heavy (non-hydrogen) atoms. The number of aliphatic imine (C=N–C) groups is 1. The van der Waals surface area contributed by atoms with E-state index in [2.05, 4.69) is 32.3 Å². The van der Waals surface area contributed by atoms with Crippen LogP contribution in [0.25, 0.3) is 0 Å². The number of aliphatic hydroxyl groups excluding tert-OH is 2. The van der Waals surface area contributed by atoms with Crippen LogP contribution in [0.3, 0.4) is 0 Å². The van der Waals surface area contributed by atoms with Crippen LogP contribution in [-0.2, 0) is 25.5 Å². The van der Waals surface area contributed by atoms with Crippen LogP contribution in [0.15, 0.2) is 41.4 Å². The van der Waals surface area contributed by atoms with Gasteiger partial charge in [0, 0.05) is 32.7 Å². The van der Waals surface area contributed by atoms with Gasteiger partial charge in [-0.05, 0) is 36.5 Å². The zero-order valence-corrected chi connectivity index (χ0v) is 26.6. The molecule has 0 bridgehead atoms. The van der Waals surface area contributed by atoms with Crippen molar-refractivity contribution in [2.45, 2.75) is 12.6 Å². The second-order valence-corrected chi connectivity index (χ2v) is 9.91. The molecule has 0 amide bonds. The summed E-state index contributed by atoms with van der Waals surface area (Å²) in [6, 6.07) is 9.10. The van der Waals surface area contributed by atoms with E-state index in [-0.39, 0.29) is 44.4 Å². The average molecular weight is 666 g/mol. The quantitative estimate of drug-likeness (QED) is 0.0596. The summed E-state index contributed by atoms with van der Waals surface area (Å²) in [6.07, 6.45) is 0. The molecule has 0 aromatic carbocycles. The van der Waals surface area contributed by atoms with Gasteiger partial charge in [-0.1, -0.05) is 12.1 Å². The third kappa shape index (κ3) is 15.8. The first-order chi connectivity index (χ1) is 22.4. The first kappa shape index (κ1) is 38.9. The molecular formula is C30H43N5O10S. The number of rotatable bonds is 27. The van der Waals surface area contributed by atoms with E-state index >= 15 is 0 Å². The maximum absolute atomic E-state index is 11.5. The minimum Gasteiger partial charge on any atom is -0.477 e. The van der Waals surface area contributed by atoms with Gasteiger partial charge in [-0.3, -0.25) is 9.80 Å². The van der Waals surface area contributed by atoms with Crippen LogP contribution in [0.4, 0.5) is 0 Å². The van der Waals surface area contributed by atoms with Gasteiger partial charge in [-0.25, -0.2) is 24.5 Å². The van der Waals surface area contributed by atoms with Gasteiger partial charge in [0.2, 0.25) is 0 Å². The van der Waals surface area contributed by atoms with Crippen LogP contribution in [-0.4, -0.2) is 156 Å². The van der Waals surface area contributed by atoms with Crippen molar-refractivity contribution in [3.8, 4) is 0 Å². The molecule has 254 valence electrons. The van der Waals surface area contributed by atoms with Crippen molar-refractivity contribution >= 4 is 29.3 Å². The Labute approximate surface area is 273 Å². The molecule has 0 aliphatic carbocycles. The average Bonchev–Trinajstić information content (AvgIpc) is 3.05. The summed E-state index contributed by atoms with van der Waals surface area (Å²) >= 11 is 4.52. The Kier molecular flexibility index (Phi) is 20.3. The molecule has 2 rings (SSSR count). The Balaban J connectivity index is 1.83. The van der Waals surface area contributed by atoms with Crippen LogP contribution < -0.4 is 0 Å². The topological polar surface area (TPSA) is 197 Å². The van der Waals surface area contributed by atoms with Crippen molar-refractivity contribution in [3.63, 3.8) is 0 Å². The van der Waals surface area contributed by atoms with Gasteiger partial charge in [0.05, 0.1) is 95.2 Å². The van der Waals surface area contributed by atoms with Crippen LogP contribution in [0.1, 0.15) is 38.4 Å². The molecule has 0 fully saturated rings. The van der Waals surface area contributed by atoms with E-state index in [9.17, 15) is 24.9 Å². The van der Waals surface area contributed by atoms with Gasteiger partial charge >= 0.3 is 11.9 Å². The summed E-state index contributed by atoms with van der Waals surface area (Å²) in [7, 11) is 0. The summed E-state index contributed by atoms with van der Waals surface area (Å²) in [5.41, 5.74) is 0.945. The SMILES string of the molecule is O=C(O)c1cccc(CN(CCO)CCOCCOCCN(CCO)C(COCCOCCN=C=S)c2cccc(C(=O)O)n2)n1. The molecule has 2 aromatic rings. The van der Waals surface area contributed by atoms with Gasteiger partial charge in [0.15, 0.2) is 0 Å². The summed E-state index contributed by atoms with van der Waals surface area (Å²) in [5, 5.41) is 40.0. The van der Waals surface area contributed by atoms with Gasteiger partial charge in [-0.2, -0.15) is 0 Å². The summed E-state index contributed by atoms with van der Waals surface area (Å²) < 4.78 is 22.7. The molecule has 1 unspecified atom stereocenters. The van der Waals surface area contributed by atoms with Crippen LogP contribution >= 0.6 is 12.2 Å². The van der Waals surface area contributed by atoms with E-state index in [0.717, 1.165) is 0 Å². The molecule has 0 radical (unpaired) electrons. The van der Waals surface area contributed by atoms with E-state index < -0.39 is 18.0 Å². The Morgan fingerprint density at radius 3 is 2.04 bits per heavy atom. The van der Waals surface area contributed by atoms with Gasteiger partial charge in [0.1, 0.15) is 11.4 Å². The number of thiocarbonyl (C=S) groups is 1. The lowest BCUT2D eigenvalue weighted by atomic mass is 10.1. The van der Waals surface area contributed by atoms with Gasteiger partial charge in [-0.15, -0.1) is 0 Å². The molecule has 1 atom stereocenters. The second-order valence-electron chi connectivity index (χ2n) is 9.73. The van der Waals surface area contributed by atoms with Crippen LogP contribution in [0, 0.1) is 0 Å². The first-order valence-electron chi connectivity index (χ1n) is 14.8. The highest BCUT2D eigenvalue weighted by Crippen LogP contribution is 2.20. The smallest absolute Gasteiger partial charge is 0.354 e. The minimum atomic E-state index is -1.14. The van der Waals surface area contributed by atoms with Gasteiger partial charge in [0.25, 0.3) is 0 Å². The number of ether oxygens (including phenoxy) is 4. The molecule has 0 aliphatic rings. The maximum Gasteiger partial charge on any atom is 0.354 e. The molecule has 0 saturated heterocycles. The fraction of sp³-hybridized carbons (Fsp3) is 0.567. The van der Waals surface area contributed by atoms with Crippen molar-refractivity contribution in [2.24, 2.45) is 4.99 Å². The van der Waals surface area contributed by atoms with Crippen LogP contribution in [0.5, 0.6) is 0 Å². The number of aliphatic hydroxyl groups is 2. The molecule has 0 spiro atoms. The Bertz CT molecular complexity index is 1220. The molecule has 2 heterocycles. The number of hydrogen-bond acceptors (Lipinski definition) is 14. The third-order valence-electron chi connectivity index (χ3n) is 6.49. The zero-order valence-electron chi connectivity index (χ0n) is 25.7. The molecule has 15 nitrogen and oxygen atoms in total. The number of carboxylic acid groups (broad SMARTS) is 2. The summed E-state index contributed by atoms with van der Waals surface area (Å²) in [6.45, 7) is 4.66. The highest BCUT2D eigenvalue weighted by atomic mass is 32.1. The third-order valence-corrected chi connectivity index (χ3v) is 6.62. The van der Waals surface area contributed by atoms with Crippen molar-refractivity contribution in [1.82, 2.24) is 19.8 Å². The fourth-order valence-electron chi connectivity index (χ4n) is 4.28. The summed E-state index contributed by atoms with van der Waals surface area (Å²) in [5.74, 6) is -2.24. The number of carbonyl (C=O) groups is 2.